The molecule has 0 aliphatic heterocycles. The van der Waals surface area contributed by atoms with E-state index in [0.717, 1.165) is 18.4 Å². The molecule has 0 unspecified atom stereocenters. The standard InChI is InChI=1S/C20H20ClN3O2/c1-2-6-17(14-7-4-3-5-8-14)23-19(25)12-24-13-22-18-10-9-15(21)11-16(18)20(24)26/h3-5,7-11,13,17H,2,6,12H2,1H3,(H,23,25)/t17-/m1/s1. The van der Waals surface area contributed by atoms with Crippen LogP contribution in [0, 0.1) is 0 Å². The van der Waals surface area contributed by atoms with Crippen molar-refractivity contribution >= 4 is 28.4 Å². The minimum atomic E-state index is -0.278. The van der Waals surface area contributed by atoms with Crippen LogP contribution in [0.3, 0.4) is 0 Å². The number of aromatic nitrogens is 2. The third-order valence-electron chi connectivity index (χ3n) is 4.21. The molecule has 0 spiro atoms. The Balaban J connectivity index is 1.80. The van der Waals surface area contributed by atoms with Gasteiger partial charge in [0.1, 0.15) is 6.54 Å². The van der Waals surface area contributed by atoms with Crippen LogP contribution in [0.5, 0.6) is 0 Å². The van der Waals surface area contributed by atoms with Crippen LogP contribution < -0.4 is 10.9 Å². The topological polar surface area (TPSA) is 64.0 Å². The van der Waals surface area contributed by atoms with Crippen molar-refractivity contribution in [1.29, 1.82) is 0 Å². The fourth-order valence-electron chi connectivity index (χ4n) is 2.93. The van der Waals surface area contributed by atoms with Gasteiger partial charge in [0.2, 0.25) is 5.91 Å². The molecule has 6 heteroatoms. The number of halogens is 1. The number of carbonyl (C=O) groups excluding carboxylic acids is 1. The largest absolute Gasteiger partial charge is 0.348 e. The van der Waals surface area contributed by atoms with Crippen molar-refractivity contribution in [3.63, 3.8) is 0 Å². The van der Waals surface area contributed by atoms with Crippen molar-refractivity contribution in [3.8, 4) is 0 Å². The van der Waals surface area contributed by atoms with E-state index >= 15 is 0 Å². The summed E-state index contributed by atoms with van der Waals surface area (Å²) in [6.45, 7) is 1.99. The summed E-state index contributed by atoms with van der Waals surface area (Å²) in [7, 11) is 0. The lowest BCUT2D eigenvalue weighted by Crippen LogP contribution is -2.34. The molecule has 0 fully saturated rings. The molecule has 0 radical (unpaired) electrons. The zero-order chi connectivity index (χ0) is 18.5. The summed E-state index contributed by atoms with van der Waals surface area (Å²) in [5.74, 6) is -0.224. The van der Waals surface area contributed by atoms with Crippen molar-refractivity contribution in [3.05, 3.63) is 75.8 Å². The van der Waals surface area contributed by atoms with Crippen LogP contribution in [0.25, 0.3) is 10.9 Å². The van der Waals surface area contributed by atoms with Gasteiger partial charge in [-0.2, -0.15) is 0 Å². The van der Waals surface area contributed by atoms with Crippen LogP contribution >= 0.6 is 11.6 Å². The maximum atomic E-state index is 12.6. The molecule has 1 N–H and O–H groups in total. The zero-order valence-corrected chi connectivity index (χ0v) is 15.2. The average molecular weight is 370 g/mol. The highest BCUT2D eigenvalue weighted by atomic mass is 35.5. The summed E-state index contributed by atoms with van der Waals surface area (Å²) in [6, 6.07) is 14.7. The van der Waals surface area contributed by atoms with Crippen LogP contribution in [0.4, 0.5) is 0 Å². The third kappa shape index (κ3) is 4.11. The van der Waals surface area contributed by atoms with Gasteiger partial charge in [-0.3, -0.25) is 14.2 Å². The molecule has 2 aromatic carbocycles. The number of carbonyl (C=O) groups is 1. The predicted molar refractivity (Wildman–Crippen MR) is 103 cm³/mol. The van der Waals surface area contributed by atoms with Gasteiger partial charge < -0.3 is 5.32 Å². The van der Waals surface area contributed by atoms with E-state index in [-0.39, 0.29) is 24.1 Å². The maximum absolute atomic E-state index is 12.6. The van der Waals surface area contributed by atoms with Gasteiger partial charge in [-0.15, -0.1) is 0 Å². The number of fused-ring (bicyclic) bond motifs is 1. The van der Waals surface area contributed by atoms with E-state index in [2.05, 4.69) is 17.2 Å². The highest BCUT2D eigenvalue weighted by Crippen LogP contribution is 2.18. The minimum absolute atomic E-state index is 0.0766. The number of benzene rings is 2. The van der Waals surface area contributed by atoms with Crippen molar-refractivity contribution in [2.24, 2.45) is 0 Å². The van der Waals surface area contributed by atoms with Crippen LogP contribution in [0.2, 0.25) is 5.02 Å². The van der Waals surface area contributed by atoms with Gasteiger partial charge in [-0.25, -0.2) is 4.98 Å². The predicted octanol–water partition coefficient (Wildman–Crippen LogP) is 3.71. The van der Waals surface area contributed by atoms with Crippen LogP contribution in [-0.2, 0) is 11.3 Å². The highest BCUT2D eigenvalue weighted by molar-refractivity contribution is 6.31. The van der Waals surface area contributed by atoms with Crippen LogP contribution in [0.15, 0.2) is 59.7 Å². The molecule has 1 amide bonds. The molecule has 5 nitrogen and oxygen atoms in total. The monoisotopic (exact) mass is 369 g/mol. The van der Waals surface area contributed by atoms with Gasteiger partial charge in [0, 0.05) is 5.02 Å². The van der Waals surface area contributed by atoms with Gasteiger partial charge >= 0.3 is 0 Å². The Morgan fingerprint density at radius 3 is 2.73 bits per heavy atom. The second-order valence-corrected chi connectivity index (χ2v) is 6.59. The summed E-state index contributed by atoms with van der Waals surface area (Å²) in [5.41, 5.74) is 1.34. The van der Waals surface area contributed by atoms with E-state index < -0.39 is 0 Å². The molecule has 0 aliphatic rings. The molecular formula is C20H20ClN3O2. The Morgan fingerprint density at radius 1 is 1.23 bits per heavy atom. The van der Waals surface area contributed by atoms with Gasteiger partial charge in [0.15, 0.2) is 0 Å². The first-order chi connectivity index (χ1) is 12.6. The number of hydrogen-bond donors (Lipinski definition) is 1. The molecule has 0 bridgehead atoms. The number of nitrogens with one attached hydrogen (secondary N) is 1. The molecule has 0 saturated heterocycles. The average Bonchev–Trinajstić information content (AvgIpc) is 2.65. The zero-order valence-electron chi connectivity index (χ0n) is 14.5. The second kappa shape index (κ2) is 8.15. The van der Waals surface area contributed by atoms with Crippen LogP contribution in [-0.4, -0.2) is 15.5 Å². The molecule has 3 aromatic rings. The summed E-state index contributed by atoms with van der Waals surface area (Å²) >= 11 is 5.96. The molecule has 0 saturated carbocycles. The number of nitrogens with zero attached hydrogens (tertiary/aromatic N) is 2. The van der Waals surface area contributed by atoms with Crippen molar-refractivity contribution < 1.29 is 4.79 Å². The lowest BCUT2D eigenvalue weighted by molar-refractivity contribution is -0.122. The Kier molecular flexibility index (Phi) is 5.68. The first-order valence-corrected chi connectivity index (χ1v) is 8.95. The Morgan fingerprint density at radius 2 is 2.00 bits per heavy atom. The van der Waals surface area contributed by atoms with Gasteiger partial charge in [-0.1, -0.05) is 55.3 Å². The number of rotatable bonds is 6. The van der Waals surface area contributed by atoms with E-state index in [0.29, 0.717) is 15.9 Å². The summed E-state index contributed by atoms with van der Waals surface area (Å²) in [6.07, 6.45) is 3.17. The van der Waals surface area contributed by atoms with Crippen molar-refractivity contribution in [1.82, 2.24) is 14.9 Å². The Bertz CT molecular complexity index is 970. The molecule has 1 atom stereocenters. The third-order valence-corrected chi connectivity index (χ3v) is 4.45. The summed E-state index contributed by atoms with van der Waals surface area (Å²) in [5, 5.41) is 3.88. The van der Waals surface area contributed by atoms with Crippen molar-refractivity contribution in [2.75, 3.05) is 0 Å². The fourth-order valence-corrected chi connectivity index (χ4v) is 3.11. The second-order valence-electron chi connectivity index (χ2n) is 6.16. The molecule has 3 rings (SSSR count). The lowest BCUT2D eigenvalue weighted by Gasteiger charge is -2.19. The van der Waals surface area contributed by atoms with Crippen molar-refractivity contribution in [2.45, 2.75) is 32.4 Å². The molecule has 1 aromatic heterocycles. The highest BCUT2D eigenvalue weighted by Gasteiger charge is 2.15. The molecular weight excluding hydrogens is 350 g/mol. The van der Waals surface area contributed by atoms with E-state index in [1.54, 1.807) is 18.2 Å². The van der Waals surface area contributed by atoms with Crippen LogP contribution in [0.1, 0.15) is 31.4 Å². The molecule has 0 aliphatic carbocycles. The van der Waals surface area contributed by atoms with E-state index in [4.69, 9.17) is 11.6 Å². The first-order valence-electron chi connectivity index (χ1n) is 8.57. The lowest BCUT2D eigenvalue weighted by atomic mass is 10.0. The normalized spacial score (nSPS) is 12.1. The van der Waals surface area contributed by atoms with E-state index in [1.165, 1.54) is 10.9 Å². The summed E-state index contributed by atoms with van der Waals surface area (Å²) in [4.78, 5) is 29.3. The summed E-state index contributed by atoms with van der Waals surface area (Å²) < 4.78 is 1.31. The van der Waals surface area contributed by atoms with Gasteiger partial charge in [0.05, 0.1) is 23.3 Å². The smallest absolute Gasteiger partial charge is 0.261 e. The molecule has 1 heterocycles. The van der Waals surface area contributed by atoms with Gasteiger partial charge in [-0.05, 0) is 30.2 Å². The quantitative estimate of drug-likeness (QED) is 0.720. The van der Waals surface area contributed by atoms with E-state index in [9.17, 15) is 9.59 Å². The van der Waals surface area contributed by atoms with E-state index in [1.807, 2.05) is 30.3 Å². The maximum Gasteiger partial charge on any atom is 0.261 e. The fraction of sp³-hybridized carbons (Fsp3) is 0.250. The number of hydrogen-bond acceptors (Lipinski definition) is 3. The SMILES string of the molecule is CCC[C@@H](NC(=O)Cn1cnc2ccc(Cl)cc2c1=O)c1ccccc1. The minimum Gasteiger partial charge on any atom is -0.348 e. The first kappa shape index (κ1) is 18.1. The number of amides is 1. The molecule has 134 valence electrons. The Hall–Kier alpha value is -2.66. The Labute approximate surface area is 156 Å². The molecule has 26 heavy (non-hydrogen) atoms. The van der Waals surface area contributed by atoms with Gasteiger partial charge in [0.25, 0.3) is 5.56 Å².